The number of hydrogen-bond donors (Lipinski definition) is 1. The second-order valence-electron chi connectivity index (χ2n) is 5.16. The Morgan fingerprint density at radius 1 is 1.40 bits per heavy atom. The fourth-order valence-corrected chi connectivity index (χ4v) is 3.01. The van der Waals surface area contributed by atoms with Gasteiger partial charge in [0.2, 0.25) is 0 Å². The van der Waals surface area contributed by atoms with Crippen LogP contribution < -0.4 is 0 Å². The number of rotatable bonds is 5. The van der Waals surface area contributed by atoms with Gasteiger partial charge < -0.3 is 5.11 Å². The molecule has 2 aliphatic carbocycles. The van der Waals surface area contributed by atoms with Gasteiger partial charge in [-0.2, -0.15) is 13.2 Å². The molecule has 0 unspecified atom stereocenters. The molecule has 2 fully saturated rings. The summed E-state index contributed by atoms with van der Waals surface area (Å²) in [6.45, 7) is 0. The number of nitrogens with zero attached hydrogens (tertiary/aromatic N) is 3. The first-order valence-electron chi connectivity index (χ1n) is 6.22. The van der Waals surface area contributed by atoms with Crippen LogP contribution in [-0.4, -0.2) is 37.8 Å². The van der Waals surface area contributed by atoms with Crippen LogP contribution in [0.15, 0.2) is 5.16 Å². The van der Waals surface area contributed by atoms with Gasteiger partial charge in [0.25, 0.3) is 0 Å². The highest BCUT2D eigenvalue weighted by Crippen LogP contribution is 2.58. The Morgan fingerprint density at radius 3 is 2.50 bits per heavy atom. The lowest BCUT2D eigenvalue weighted by molar-refractivity contribution is -0.182. The van der Waals surface area contributed by atoms with Crippen LogP contribution in [-0.2, 0) is 10.3 Å². The number of hydrogen-bond acceptors (Lipinski definition) is 4. The average Bonchev–Trinajstić information content (AvgIpc) is 3.23. The molecule has 20 heavy (non-hydrogen) atoms. The van der Waals surface area contributed by atoms with Crippen molar-refractivity contribution in [3.63, 3.8) is 0 Å². The third kappa shape index (κ3) is 2.17. The van der Waals surface area contributed by atoms with E-state index in [1.807, 2.05) is 0 Å². The minimum absolute atomic E-state index is 0.00882. The van der Waals surface area contributed by atoms with Gasteiger partial charge in [0.05, 0.1) is 5.75 Å². The van der Waals surface area contributed by atoms with Crippen LogP contribution in [0, 0.1) is 0 Å². The van der Waals surface area contributed by atoms with Crippen LogP contribution in [0.3, 0.4) is 0 Å². The second kappa shape index (κ2) is 4.37. The lowest BCUT2D eigenvalue weighted by Gasteiger charge is -2.23. The van der Waals surface area contributed by atoms with Crippen molar-refractivity contribution in [2.24, 2.45) is 0 Å². The van der Waals surface area contributed by atoms with Gasteiger partial charge in [0.1, 0.15) is 11.4 Å². The Hall–Kier alpha value is -1.25. The summed E-state index contributed by atoms with van der Waals surface area (Å²) in [7, 11) is 0. The van der Waals surface area contributed by atoms with Crippen molar-refractivity contribution >= 4 is 17.7 Å². The van der Waals surface area contributed by atoms with Crippen LogP contribution in [0.2, 0.25) is 0 Å². The summed E-state index contributed by atoms with van der Waals surface area (Å²) in [6.07, 6.45) is -2.72. The monoisotopic (exact) mass is 307 g/mol. The zero-order valence-corrected chi connectivity index (χ0v) is 11.2. The molecule has 5 nitrogen and oxygen atoms in total. The maximum absolute atomic E-state index is 13.3. The molecule has 0 bridgehead atoms. The van der Waals surface area contributed by atoms with E-state index in [0.717, 1.165) is 29.2 Å². The Labute approximate surface area is 116 Å². The zero-order chi connectivity index (χ0) is 14.5. The van der Waals surface area contributed by atoms with Crippen molar-refractivity contribution in [1.29, 1.82) is 0 Å². The topological polar surface area (TPSA) is 68.0 Å². The van der Waals surface area contributed by atoms with E-state index >= 15 is 0 Å². The molecule has 0 amide bonds. The van der Waals surface area contributed by atoms with Crippen LogP contribution in [0.25, 0.3) is 0 Å². The Kier molecular flexibility index (Phi) is 3.00. The molecule has 1 aromatic rings. The third-order valence-electron chi connectivity index (χ3n) is 3.60. The molecule has 0 radical (unpaired) electrons. The third-order valence-corrected chi connectivity index (χ3v) is 4.52. The number of aromatic nitrogens is 3. The number of carbonyl (C=O) groups is 1. The number of carboxylic acids is 1. The lowest BCUT2D eigenvalue weighted by atomic mass is 10.2. The van der Waals surface area contributed by atoms with Crippen LogP contribution in [0.5, 0.6) is 0 Å². The smallest absolute Gasteiger partial charge is 0.412 e. The van der Waals surface area contributed by atoms with E-state index in [1.54, 1.807) is 0 Å². The van der Waals surface area contributed by atoms with Gasteiger partial charge >= 0.3 is 12.1 Å². The molecule has 2 aliphatic rings. The summed E-state index contributed by atoms with van der Waals surface area (Å²) in [5, 5.41) is 16.4. The highest BCUT2D eigenvalue weighted by molar-refractivity contribution is 7.99. The van der Waals surface area contributed by atoms with Crippen molar-refractivity contribution in [1.82, 2.24) is 14.8 Å². The molecule has 0 spiro atoms. The molecule has 2 saturated carbocycles. The van der Waals surface area contributed by atoms with E-state index in [4.69, 9.17) is 5.11 Å². The fourth-order valence-electron chi connectivity index (χ4n) is 2.26. The summed E-state index contributed by atoms with van der Waals surface area (Å²) in [5.74, 6) is -1.03. The first-order valence-corrected chi connectivity index (χ1v) is 7.21. The quantitative estimate of drug-likeness (QED) is 0.846. The normalized spacial score (nSPS) is 20.9. The van der Waals surface area contributed by atoms with Gasteiger partial charge in [-0.3, -0.25) is 9.36 Å². The van der Waals surface area contributed by atoms with Gasteiger partial charge in [-0.25, -0.2) is 0 Å². The first-order chi connectivity index (χ1) is 9.35. The molecule has 110 valence electrons. The van der Waals surface area contributed by atoms with Gasteiger partial charge in [-0.1, -0.05) is 11.8 Å². The molecule has 0 atom stereocenters. The SMILES string of the molecule is O=C(O)CSc1nnc(C2CC2)n1C1(C(F)(F)F)CC1. The number of halogens is 3. The van der Waals surface area contributed by atoms with E-state index in [9.17, 15) is 18.0 Å². The minimum Gasteiger partial charge on any atom is -0.481 e. The number of carboxylic acid groups (broad SMARTS) is 1. The van der Waals surface area contributed by atoms with Gasteiger partial charge in [0, 0.05) is 5.92 Å². The molecule has 0 aromatic carbocycles. The van der Waals surface area contributed by atoms with E-state index in [0.29, 0.717) is 5.82 Å². The van der Waals surface area contributed by atoms with E-state index in [-0.39, 0.29) is 29.7 Å². The molecule has 3 rings (SSSR count). The summed E-state index contributed by atoms with van der Waals surface area (Å²) in [4.78, 5) is 10.6. The molecule has 9 heteroatoms. The summed E-state index contributed by atoms with van der Waals surface area (Å²) < 4.78 is 41.1. The number of alkyl halides is 3. The van der Waals surface area contributed by atoms with Gasteiger partial charge in [0.15, 0.2) is 5.16 Å². The number of thioether (sulfide) groups is 1. The van der Waals surface area contributed by atoms with E-state index in [2.05, 4.69) is 10.2 Å². The van der Waals surface area contributed by atoms with Crippen molar-refractivity contribution in [2.45, 2.75) is 48.5 Å². The van der Waals surface area contributed by atoms with Gasteiger partial charge in [-0.15, -0.1) is 10.2 Å². The summed E-state index contributed by atoms with van der Waals surface area (Å²) >= 11 is 0.794. The van der Waals surface area contributed by atoms with E-state index in [1.165, 1.54) is 0 Å². The second-order valence-corrected chi connectivity index (χ2v) is 6.10. The molecular weight excluding hydrogens is 295 g/mol. The predicted molar refractivity (Wildman–Crippen MR) is 63.6 cm³/mol. The van der Waals surface area contributed by atoms with Crippen LogP contribution in [0.1, 0.15) is 37.4 Å². The number of aliphatic carboxylic acids is 1. The van der Waals surface area contributed by atoms with Crippen LogP contribution in [0.4, 0.5) is 13.2 Å². The van der Waals surface area contributed by atoms with Crippen LogP contribution >= 0.6 is 11.8 Å². The van der Waals surface area contributed by atoms with Crippen molar-refractivity contribution in [3.05, 3.63) is 5.82 Å². The molecule has 1 aromatic heterocycles. The minimum atomic E-state index is -4.36. The summed E-state index contributed by atoms with van der Waals surface area (Å²) in [6, 6.07) is 0. The maximum Gasteiger partial charge on any atom is 0.412 e. The Balaban J connectivity index is 1.98. The molecule has 0 aliphatic heterocycles. The van der Waals surface area contributed by atoms with Crippen molar-refractivity contribution in [2.75, 3.05) is 5.75 Å². The lowest BCUT2D eigenvalue weighted by Crippen LogP contribution is -2.36. The highest BCUT2D eigenvalue weighted by atomic mass is 32.2. The van der Waals surface area contributed by atoms with Crippen molar-refractivity contribution < 1.29 is 23.1 Å². The molecular formula is C11H12F3N3O2S. The first kappa shape index (κ1) is 13.7. The van der Waals surface area contributed by atoms with Gasteiger partial charge in [-0.05, 0) is 25.7 Å². The Morgan fingerprint density at radius 2 is 2.05 bits per heavy atom. The zero-order valence-electron chi connectivity index (χ0n) is 10.4. The largest absolute Gasteiger partial charge is 0.481 e. The molecule has 1 heterocycles. The summed E-state index contributed by atoms with van der Waals surface area (Å²) in [5.41, 5.74) is -1.92. The predicted octanol–water partition coefficient (Wildman–Crippen LogP) is 2.38. The molecule has 0 saturated heterocycles. The molecule has 1 N–H and O–H groups in total. The Bertz CT molecular complexity index is 550. The maximum atomic E-state index is 13.3. The standard InChI is InChI=1S/C11H12F3N3O2S/c12-11(13,14)10(3-4-10)17-8(6-1-2-6)15-16-9(17)20-5-7(18)19/h6H,1-5H2,(H,18,19). The fraction of sp³-hybridized carbons (Fsp3) is 0.727. The van der Waals surface area contributed by atoms with E-state index < -0.39 is 17.7 Å². The average molecular weight is 307 g/mol. The highest BCUT2D eigenvalue weighted by Gasteiger charge is 2.66. The van der Waals surface area contributed by atoms with Crippen molar-refractivity contribution in [3.8, 4) is 0 Å².